The van der Waals surface area contributed by atoms with Crippen LogP contribution in [-0.4, -0.2) is 39.6 Å². The molecule has 2 heterocycles. The lowest BCUT2D eigenvalue weighted by Crippen LogP contribution is -2.27. The van der Waals surface area contributed by atoms with E-state index in [1.165, 1.54) is 0 Å². The fourth-order valence-electron chi connectivity index (χ4n) is 1.55. The molecule has 0 fully saturated rings. The van der Waals surface area contributed by atoms with E-state index in [0.717, 1.165) is 17.9 Å². The van der Waals surface area contributed by atoms with Gasteiger partial charge in [0.2, 0.25) is 5.95 Å². The first-order valence-electron chi connectivity index (χ1n) is 5.81. The van der Waals surface area contributed by atoms with Crippen molar-refractivity contribution < 1.29 is 0 Å². The van der Waals surface area contributed by atoms with Crippen molar-refractivity contribution in [3.63, 3.8) is 0 Å². The van der Waals surface area contributed by atoms with Crippen LogP contribution in [0.1, 0.15) is 20.8 Å². The average molecular weight is 234 g/mol. The molecule has 0 bridgehead atoms. The van der Waals surface area contributed by atoms with E-state index in [2.05, 4.69) is 44.0 Å². The highest BCUT2D eigenvalue weighted by molar-refractivity contribution is 5.84. The molecule has 2 aromatic heterocycles. The number of hydrogen-bond acceptors (Lipinski definition) is 5. The molecule has 17 heavy (non-hydrogen) atoms. The summed E-state index contributed by atoms with van der Waals surface area (Å²) in [7, 11) is 2.02. The summed E-state index contributed by atoms with van der Waals surface area (Å²) < 4.78 is 0. The first kappa shape index (κ1) is 11.6. The van der Waals surface area contributed by atoms with Gasteiger partial charge in [-0.25, -0.2) is 4.98 Å². The Morgan fingerprint density at radius 1 is 1.41 bits per heavy atom. The first-order chi connectivity index (χ1) is 8.13. The van der Waals surface area contributed by atoms with Crippen molar-refractivity contribution in [3.05, 3.63) is 6.33 Å². The molecular formula is C11H18N6. The number of aromatic nitrogens is 4. The molecule has 0 aliphatic rings. The van der Waals surface area contributed by atoms with E-state index in [0.29, 0.717) is 17.6 Å². The molecule has 0 spiro atoms. The number of rotatable bonds is 4. The van der Waals surface area contributed by atoms with Crippen molar-refractivity contribution in [2.45, 2.75) is 26.8 Å². The van der Waals surface area contributed by atoms with Crippen LogP contribution in [0.3, 0.4) is 0 Å². The summed E-state index contributed by atoms with van der Waals surface area (Å²) >= 11 is 0. The Balaban J connectivity index is 2.54. The number of hydrogen-bond donors (Lipinski definition) is 2. The van der Waals surface area contributed by atoms with Gasteiger partial charge in [0.1, 0.15) is 5.52 Å². The second-order valence-electron chi connectivity index (χ2n) is 4.21. The molecule has 0 radical (unpaired) electrons. The summed E-state index contributed by atoms with van der Waals surface area (Å²) in [6, 6.07) is 0.367. The van der Waals surface area contributed by atoms with E-state index in [4.69, 9.17) is 0 Å². The summed E-state index contributed by atoms with van der Waals surface area (Å²) in [5.74, 6) is 1.49. The van der Waals surface area contributed by atoms with Crippen LogP contribution in [0, 0.1) is 0 Å². The van der Waals surface area contributed by atoms with Gasteiger partial charge in [-0.15, -0.1) is 0 Å². The van der Waals surface area contributed by atoms with Crippen LogP contribution in [0.15, 0.2) is 6.33 Å². The van der Waals surface area contributed by atoms with Crippen LogP contribution in [0.25, 0.3) is 11.2 Å². The topological polar surface area (TPSA) is 69.7 Å². The molecule has 0 atom stereocenters. The maximum atomic E-state index is 4.52. The molecular weight excluding hydrogens is 216 g/mol. The highest BCUT2D eigenvalue weighted by Crippen LogP contribution is 2.22. The number of imidazole rings is 1. The van der Waals surface area contributed by atoms with Gasteiger partial charge in [0.05, 0.1) is 6.33 Å². The Labute approximate surface area is 100 Å². The summed E-state index contributed by atoms with van der Waals surface area (Å²) in [6.45, 7) is 7.05. The Kier molecular flexibility index (Phi) is 3.12. The largest absolute Gasteiger partial charge is 0.355 e. The van der Waals surface area contributed by atoms with E-state index in [-0.39, 0.29) is 0 Å². The third-order valence-corrected chi connectivity index (χ3v) is 2.71. The number of H-pyrrole nitrogens is 1. The van der Waals surface area contributed by atoms with Crippen LogP contribution in [0.5, 0.6) is 0 Å². The van der Waals surface area contributed by atoms with Gasteiger partial charge < -0.3 is 15.2 Å². The fraction of sp³-hybridized carbons (Fsp3) is 0.545. The maximum Gasteiger partial charge on any atom is 0.226 e. The molecule has 0 saturated carbocycles. The van der Waals surface area contributed by atoms with Crippen LogP contribution in [0.4, 0.5) is 11.8 Å². The molecule has 6 heteroatoms. The van der Waals surface area contributed by atoms with Gasteiger partial charge in [-0.2, -0.15) is 9.97 Å². The Hall–Kier alpha value is -1.85. The SMILES string of the molecule is CCNc1nc(N(C)C(C)C)c2[nH]cnc2n1. The zero-order chi connectivity index (χ0) is 12.4. The number of nitrogens with one attached hydrogen (secondary N) is 2. The summed E-state index contributed by atoms with van der Waals surface area (Å²) in [5, 5.41) is 3.12. The van der Waals surface area contributed by atoms with E-state index < -0.39 is 0 Å². The molecule has 0 aliphatic carbocycles. The van der Waals surface area contributed by atoms with Gasteiger partial charge in [0.25, 0.3) is 0 Å². The van der Waals surface area contributed by atoms with Gasteiger partial charge >= 0.3 is 0 Å². The molecule has 0 unspecified atom stereocenters. The van der Waals surface area contributed by atoms with Gasteiger partial charge in [0, 0.05) is 19.6 Å². The lowest BCUT2D eigenvalue weighted by atomic mass is 10.3. The quantitative estimate of drug-likeness (QED) is 0.841. The predicted molar refractivity (Wildman–Crippen MR) is 69.4 cm³/mol. The Bertz CT molecular complexity index is 504. The highest BCUT2D eigenvalue weighted by Gasteiger charge is 2.15. The lowest BCUT2D eigenvalue weighted by molar-refractivity contribution is 0.745. The number of aromatic amines is 1. The second kappa shape index (κ2) is 4.57. The molecule has 0 saturated heterocycles. The van der Waals surface area contributed by atoms with Crippen molar-refractivity contribution in [1.29, 1.82) is 0 Å². The monoisotopic (exact) mass is 234 g/mol. The van der Waals surface area contributed by atoms with E-state index >= 15 is 0 Å². The van der Waals surface area contributed by atoms with Crippen molar-refractivity contribution in [2.75, 3.05) is 23.8 Å². The lowest BCUT2D eigenvalue weighted by Gasteiger charge is -2.23. The Morgan fingerprint density at radius 3 is 2.82 bits per heavy atom. The highest BCUT2D eigenvalue weighted by atomic mass is 15.2. The van der Waals surface area contributed by atoms with Crippen molar-refractivity contribution >= 4 is 22.9 Å². The second-order valence-corrected chi connectivity index (χ2v) is 4.21. The summed E-state index contributed by atoms with van der Waals surface area (Å²) in [5.41, 5.74) is 1.57. The van der Waals surface area contributed by atoms with Gasteiger partial charge in [-0.1, -0.05) is 0 Å². The van der Waals surface area contributed by atoms with E-state index in [1.807, 2.05) is 14.0 Å². The standard InChI is InChI=1S/C11H18N6/c1-5-12-11-15-9-8(13-6-14-9)10(16-11)17(4)7(2)3/h6-7H,5H2,1-4H3,(H2,12,13,14,15,16). The van der Waals surface area contributed by atoms with E-state index in [9.17, 15) is 0 Å². The summed E-state index contributed by atoms with van der Waals surface area (Å²) in [4.78, 5) is 18.2. The third-order valence-electron chi connectivity index (χ3n) is 2.71. The van der Waals surface area contributed by atoms with Gasteiger partial charge in [0.15, 0.2) is 11.5 Å². The van der Waals surface area contributed by atoms with Gasteiger partial charge in [-0.3, -0.25) is 0 Å². The minimum absolute atomic E-state index is 0.367. The van der Waals surface area contributed by atoms with Crippen LogP contribution < -0.4 is 10.2 Å². The van der Waals surface area contributed by atoms with Crippen LogP contribution >= 0.6 is 0 Å². The molecule has 0 aliphatic heterocycles. The van der Waals surface area contributed by atoms with Crippen molar-refractivity contribution in [1.82, 2.24) is 19.9 Å². The normalized spacial score (nSPS) is 11.1. The Morgan fingerprint density at radius 2 is 2.18 bits per heavy atom. The molecule has 0 amide bonds. The first-order valence-corrected chi connectivity index (χ1v) is 5.81. The van der Waals surface area contributed by atoms with Gasteiger partial charge in [-0.05, 0) is 20.8 Å². The minimum Gasteiger partial charge on any atom is -0.355 e. The third kappa shape index (κ3) is 2.15. The zero-order valence-corrected chi connectivity index (χ0v) is 10.7. The minimum atomic E-state index is 0.367. The molecule has 2 rings (SSSR count). The predicted octanol–water partition coefficient (Wildman–Crippen LogP) is 1.63. The fourth-order valence-corrected chi connectivity index (χ4v) is 1.55. The maximum absolute atomic E-state index is 4.52. The van der Waals surface area contributed by atoms with Crippen LogP contribution in [-0.2, 0) is 0 Å². The molecule has 92 valence electrons. The molecule has 2 N–H and O–H groups in total. The molecule has 6 nitrogen and oxygen atoms in total. The van der Waals surface area contributed by atoms with E-state index in [1.54, 1.807) is 6.33 Å². The average Bonchev–Trinajstić information content (AvgIpc) is 2.75. The number of nitrogens with zero attached hydrogens (tertiary/aromatic N) is 4. The smallest absolute Gasteiger partial charge is 0.226 e. The molecule has 0 aromatic carbocycles. The molecule has 2 aromatic rings. The number of anilines is 2. The number of fused-ring (bicyclic) bond motifs is 1. The van der Waals surface area contributed by atoms with Crippen molar-refractivity contribution in [2.24, 2.45) is 0 Å². The van der Waals surface area contributed by atoms with Crippen LogP contribution in [0.2, 0.25) is 0 Å². The summed E-state index contributed by atoms with van der Waals surface area (Å²) in [6.07, 6.45) is 1.65. The van der Waals surface area contributed by atoms with Crippen molar-refractivity contribution in [3.8, 4) is 0 Å². The zero-order valence-electron chi connectivity index (χ0n) is 10.7.